The molecule has 0 aliphatic rings. The van der Waals surface area contributed by atoms with E-state index < -0.39 is 12.0 Å². The molecule has 9 heteroatoms. The number of furan rings is 1. The van der Waals surface area contributed by atoms with Gasteiger partial charge in [0.05, 0.1) is 22.9 Å². The summed E-state index contributed by atoms with van der Waals surface area (Å²) in [6, 6.07) is 7.98. The predicted molar refractivity (Wildman–Crippen MR) is 75.8 cm³/mol. The van der Waals surface area contributed by atoms with Gasteiger partial charge in [0.15, 0.2) is 0 Å². The van der Waals surface area contributed by atoms with Crippen LogP contribution in [0, 0.1) is 0 Å². The molecule has 0 unspecified atom stereocenters. The Morgan fingerprint density at radius 3 is 2.67 bits per heavy atom. The summed E-state index contributed by atoms with van der Waals surface area (Å²) in [6.45, 7) is -0.236. The van der Waals surface area contributed by atoms with Crippen molar-refractivity contribution in [2.45, 2.75) is 12.7 Å². The van der Waals surface area contributed by atoms with Gasteiger partial charge < -0.3 is 13.5 Å². The first-order valence-corrected chi connectivity index (χ1v) is 6.90. The molecule has 0 amide bonds. The lowest BCUT2D eigenvalue weighted by Crippen LogP contribution is -2.15. The molecule has 0 atom stereocenters. The number of para-hydroxylation sites is 2. The summed E-state index contributed by atoms with van der Waals surface area (Å²) in [5.41, 5.74) is 1.17. The van der Waals surface area contributed by atoms with Crippen LogP contribution in [0.2, 0.25) is 0 Å². The zero-order valence-electron chi connectivity index (χ0n) is 12.0. The minimum Gasteiger partial charge on any atom is -0.472 e. The Labute approximate surface area is 132 Å². The Bertz CT molecular complexity index is 986. The van der Waals surface area contributed by atoms with Gasteiger partial charge >= 0.3 is 6.18 Å². The molecule has 3 heterocycles. The third-order valence-corrected chi connectivity index (χ3v) is 3.45. The van der Waals surface area contributed by atoms with E-state index in [1.165, 1.54) is 18.6 Å². The first-order chi connectivity index (χ1) is 11.5. The first kappa shape index (κ1) is 14.5. The van der Waals surface area contributed by atoms with E-state index in [1.54, 1.807) is 24.3 Å². The molecule has 3 aromatic heterocycles. The van der Waals surface area contributed by atoms with E-state index in [9.17, 15) is 13.2 Å². The van der Waals surface area contributed by atoms with Gasteiger partial charge in [-0.1, -0.05) is 17.3 Å². The van der Waals surface area contributed by atoms with Crippen molar-refractivity contribution < 1.29 is 22.1 Å². The van der Waals surface area contributed by atoms with Crippen molar-refractivity contribution >= 4 is 11.0 Å². The molecule has 0 radical (unpaired) electrons. The zero-order valence-corrected chi connectivity index (χ0v) is 12.0. The highest BCUT2D eigenvalue weighted by Crippen LogP contribution is 2.32. The van der Waals surface area contributed by atoms with Crippen LogP contribution in [-0.4, -0.2) is 19.7 Å². The fraction of sp³-hybridized carbons (Fsp3) is 0.133. The second-order valence-electron chi connectivity index (χ2n) is 5.03. The van der Waals surface area contributed by atoms with Crippen molar-refractivity contribution in [3.8, 4) is 11.4 Å². The third-order valence-electron chi connectivity index (χ3n) is 3.45. The van der Waals surface area contributed by atoms with Gasteiger partial charge in [-0.25, -0.2) is 4.98 Å². The molecule has 24 heavy (non-hydrogen) atoms. The van der Waals surface area contributed by atoms with Gasteiger partial charge in [-0.15, -0.1) is 0 Å². The highest BCUT2D eigenvalue weighted by atomic mass is 19.4. The SMILES string of the molecule is FC(F)(F)c1nc2ccccc2n1Cc1nc(-c2ccoc2)no1. The first-order valence-electron chi connectivity index (χ1n) is 6.90. The van der Waals surface area contributed by atoms with Crippen LogP contribution in [0.3, 0.4) is 0 Å². The fourth-order valence-corrected chi connectivity index (χ4v) is 2.42. The van der Waals surface area contributed by atoms with Crippen molar-refractivity contribution in [2.75, 3.05) is 0 Å². The number of halogens is 3. The molecule has 0 N–H and O–H groups in total. The minimum atomic E-state index is -4.59. The molecule has 6 nitrogen and oxygen atoms in total. The largest absolute Gasteiger partial charge is 0.472 e. The van der Waals surface area contributed by atoms with E-state index in [0.29, 0.717) is 11.1 Å². The summed E-state index contributed by atoms with van der Waals surface area (Å²) in [5.74, 6) is -0.719. The summed E-state index contributed by atoms with van der Waals surface area (Å²) in [6.07, 6.45) is -1.73. The second kappa shape index (κ2) is 5.22. The molecule has 1 aromatic carbocycles. The zero-order chi connectivity index (χ0) is 16.7. The highest BCUT2D eigenvalue weighted by Gasteiger charge is 2.38. The summed E-state index contributed by atoms with van der Waals surface area (Å²) < 4.78 is 50.8. The normalized spacial score (nSPS) is 12.1. The van der Waals surface area contributed by atoms with Gasteiger partial charge in [0.2, 0.25) is 17.5 Å². The summed E-state index contributed by atoms with van der Waals surface area (Å²) >= 11 is 0. The number of nitrogens with zero attached hydrogens (tertiary/aromatic N) is 4. The number of fused-ring (bicyclic) bond motifs is 1. The average molecular weight is 334 g/mol. The van der Waals surface area contributed by atoms with Crippen LogP contribution < -0.4 is 0 Å². The Hall–Kier alpha value is -3.10. The molecule has 0 spiro atoms. The lowest BCUT2D eigenvalue weighted by atomic mass is 10.3. The van der Waals surface area contributed by atoms with Crippen LogP contribution in [0.25, 0.3) is 22.4 Å². The molecule has 0 aliphatic heterocycles. The van der Waals surface area contributed by atoms with Crippen LogP contribution in [-0.2, 0) is 12.7 Å². The van der Waals surface area contributed by atoms with Crippen LogP contribution >= 0.6 is 0 Å². The maximum atomic E-state index is 13.3. The van der Waals surface area contributed by atoms with Gasteiger partial charge in [0.1, 0.15) is 12.8 Å². The fourth-order valence-electron chi connectivity index (χ4n) is 2.42. The van der Waals surface area contributed by atoms with Crippen LogP contribution in [0.4, 0.5) is 13.2 Å². The Kier molecular flexibility index (Phi) is 3.15. The van der Waals surface area contributed by atoms with Crippen molar-refractivity contribution in [2.24, 2.45) is 0 Å². The van der Waals surface area contributed by atoms with E-state index in [0.717, 1.165) is 4.57 Å². The van der Waals surface area contributed by atoms with Crippen LogP contribution in [0.5, 0.6) is 0 Å². The minimum absolute atomic E-state index is 0.0415. The molecule has 4 rings (SSSR count). The number of rotatable bonds is 3. The van der Waals surface area contributed by atoms with Gasteiger partial charge in [-0.05, 0) is 18.2 Å². The Morgan fingerprint density at radius 1 is 1.08 bits per heavy atom. The van der Waals surface area contributed by atoms with Gasteiger partial charge in [-0.3, -0.25) is 0 Å². The molecule has 0 fully saturated rings. The van der Waals surface area contributed by atoms with Gasteiger partial charge in [-0.2, -0.15) is 18.2 Å². The monoisotopic (exact) mass is 334 g/mol. The maximum Gasteiger partial charge on any atom is 0.449 e. The number of hydrogen-bond acceptors (Lipinski definition) is 5. The molecule has 122 valence electrons. The topological polar surface area (TPSA) is 69.9 Å². The average Bonchev–Trinajstić information content (AvgIpc) is 3.26. The number of aromatic nitrogens is 4. The molecule has 0 bridgehead atoms. The molecular weight excluding hydrogens is 325 g/mol. The van der Waals surface area contributed by atoms with Crippen LogP contribution in [0.1, 0.15) is 11.7 Å². The predicted octanol–water partition coefficient (Wildman–Crippen LogP) is 3.75. The smallest absolute Gasteiger partial charge is 0.449 e. The molecule has 0 saturated heterocycles. The van der Waals surface area contributed by atoms with E-state index in [4.69, 9.17) is 8.94 Å². The van der Waals surface area contributed by atoms with Gasteiger partial charge in [0.25, 0.3) is 0 Å². The van der Waals surface area contributed by atoms with Crippen molar-refractivity contribution in [1.82, 2.24) is 19.7 Å². The third kappa shape index (κ3) is 2.43. The van der Waals surface area contributed by atoms with E-state index in [-0.39, 0.29) is 23.8 Å². The van der Waals surface area contributed by atoms with Crippen molar-refractivity contribution in [3.63, 3.8) is 0 Å². The van der Waals surface area contributed by atoms with Gasteiger partial charge in [0, 0.05) is 0 Å². The summed E-state index contributed by atoms with van der Waals surface area (Å²) in [4.78, 5) is 7.77. The van der Waals surface area contributed by atoms with E-state index in [1.807, 2.05) is 0 Å². The Balaban J connectivity index is 1.77. The van der Waals surface area contributed by atoms with Crippen molar-refractivity contribution in [1.29, 1.82) is 0 Å². The molecule has 0 aliphatic carbocycles. The quantitative estimate of drug-likeness (QED) is 0.571. The number of imidazole rings is 1. The van der Waals surface area contributed by atoms with Crippen molar-refractivity contribution in [3.05, 3.63) is 54.6 Å². The number of benzene rings is 1. The van der Waals surface area contributed by atoms with E-state index >= 15 is 0 Å². The standard InChI is InChI=1S/C15H9F3N4O2/c16-15(17,18)14-19-10-3-1-2-4-11(10)22(14)7-12-20-13(21-24-12)9-5-6-23-8-9/h1-6,8H,7H2. The lowest BCUT2D eigenvalue weighted by Gasteiger charge is -2.08. The summed E-state index contributed by atoms with van der Waals surface area (Å²) in [7, 11) is 0. The lowest BCUT2D eigenvalue weighted by molar-refractivity contribution is -0.146. The Morgan fingerprint density at radius 2 is 1.92 bits per heavy atom. The summed E-state index contributed by atoms with van der Waals surface area (Å²) in [5, 5.41) is 3.75. The van der Waals surface area contributed by atoms with E-state index in [2.05, 4.69) is 15.1 Å². The second-order valence-corrected chi connectivity index (χ2v) is 5.03. The molecule has 0 saturated carbocycles. The number of alkyl halides is 3. The maximum absolute atomic E-state index is 13.3. The highest BCUT2D eigenvalue weighted by molar-refractivity contribution is 5.76. The van der Waals surface area contributed by atoms with Crippen LogP contribution in [0.15, 0.2) is 51.8 Å². The number of hydrogen-bond donors (Lipinski definition) is 0. The molecule has 4 aromatic rings. The molecular formula is C15H9F3N4O2.